The van der Waals surface area contributed by atoms with Crippen molar-refractivity contribution in [1.82, 2.24) is 0 Å². The van der Waals surface area contributed by atoms with Gasteiger partial charge in [0.25, 0.3) is 0 Å². The molecule has 0 unspecified atom stereocenters. The number of carbonyl (C=O) groups excluding carboxylic acids is 1. The number of halogens is 1. The molecule has 0 heterocycles. The summed E-state index contributed by atoms with van der Waals surface area (Å²) in [5.74, 6) is -0.360. The third-order valence-electron chi connectivity index (χ3n) is 4.85. The summed E-state index contributed by atoms with van der Waals surface area (Å²) in [5, 5.41) is 3.47. The van der Waals surface area contributed by atoms with Crippen molar-refractivity contribution in [3.8, 4) is 0 Å². The Balaban J connectivity index is 1.86. The smallest absolute Gasteiger partial charge is 0.165 e. The van der Waals surface area contributed by atoms with Crippen LogP contribution in [-0.4, -0.2) is 5.78 Å². The summed E-state index contributed by atoms with van der Waals surface area (Å²) >= 11 is 0. The zero-order valence-corrected chi connectivity index (χ0v) is 16.6. The second-order valence-electron chi connectivity index (χ2n) is 8.07. The molecular formula is C25H26FNO. The molecule has 3 aromatic rings. The lowest BCUT2D eigenvalue weighted by molar-refractivity contribution is 0.0976. The summed E-state index contributed by atoms with van der Waals surface area (Å²) in [6, 6.07) is 23.8. The van der Waals surface area contributed by atoms with Crippen LogP contribution in [-0.2, 0) is 5.41 Å². The number of para-hydroxylation sites is 1. The van der Waals surface area contributed by atoms with E-state index >= 15 is 0 Å². The van der Waals surface area contributed by atoms with E-state index in [2.05, 4.69) is 50.4 Å². The van der Waals surface area contributed by atoms with Crippen molar-refractivity contribution in [3.63, 3.8) is 0 Å². The molecule has 2 nitrogen and oxygen atoms in total. The lowest BCUT2D eigenvalue weighted by atomic mass is 9.86. The fourth-order valence-electron chi connectivity index (χ4n) is 3.14. The average molecular weight is 375 g/mol. The Bertz CT molecular complexity index is 910. The van der Waals surface area contributed by atoms with E-state index < -0.39 is 0 Å². The van der Waals surface area contributed by atoms with Gasteiger partial charge in [0.1, 0.15) is 5.82 Å². The van der Waals surface area contributed by atoms with E-state index in [9.17, 15) is 9.18 Å². The van der Waals surface area contributed by atoms with E-state index in [0.29, 0.717) is 5.56 Å². The lowest BCUT2D eigenvalue weighted by Crippen LogP contribution is -2.17. The van der Waals surface area contributed by atoms with Crippen LogP contribution in [0.15, 0.2) is 78.9 Å². The number of nitrogens with one attached hydrogen (secondary N) is 1. The molecule has 0 aliphatic heterocycles. The van der Waals surface area contributed by atoms with Crippen molar-refractivity contribution in [2.45, 2.75) is 38.6 Å². The first-order valence-electron chi connectivity index (χ1n) is 9.54. The number of Topliss-reactive ketones (excluding diaryl/α,β-unsaturated/α-hetero) is 1. The number of ketones is 1. The van der Waals surface area contributed by atoms with Crippen molar-refractivity contribution in [1.29, 1.82) is 0 Å². The van der Waals surface area contributed by atoms with Crippen LogP contribution in [0, 0.1) is 5.82 Å². The van der Waals surface area contributed by atoms with E-state index in [1.54, 1.807) is 12.1 Å². The van der Waals surface area contributed by atoms with Crippen LogP contribution in [0.5, 0.6) is 0 Å². The summed E-state index contributed by atoms with van der Waals surface area (Å²) in [6.45, 7) is 6.54. The number of carbonyl (C=O) groups is 1. The van der Waals surface area contributed by atoms with Gasteiger partial charge < -0.3 is 5.32 Å². The quantitative estimate of drug-likeness (QED) is 0.495. The van der Waals surface area contributed by atoms with E-state index in [-0.39, 0.29) is 29.5 Å². The minimum Gasteiger partial charge on any atom is -0.378 e. The third kappa shape index (κ3) is 5.07. The van der Waals surface area contributed by atoms with Crippen LogP contribution in [0.3, 0.4) is 0 Å². The maximum atomic E-state index is 13.2. The zero-order chi connectivity index (χ0) is 20.1. The van der Waals surface area contributed by atoms with E-state index in [4.69, 9.17) is 0 Å². The second kappa shape index (κ2) is 8.39. The molecule has 0 amide bonds. The Hall–Kier alpha value is -2.94. The van der Waals surface area contributed by atoms with Crippen molar-refractivity contribution >= 4 is 11.5 Å². The molecule has 0 radical (unpaired) electrons. The SMILES string of the molecule is CC(C)(C)c1ccc([C@@H](CC(=O)c2ccc(F)cc2)Nc2ccccc2)cc1. The Morgan fingerprint density at radius 1 is 0.893 bits per heavy atom. The summed E-state index contributed by atoms with van der Waals surface area (Å²) in [5.41, 5.74) is 3.85. The van der Waals surface area contributed by atoms with Crippen LogP contribution in [0.2, 0.25) is 0 Å². The molecular weight excluding hydrogens is 349 g/mol. The van der Waals surface area contributed by atoms with Crippen LogP contribution in [0.4, 0.5) is 10.1 Å². The fraction of sp³-hybridized carbons (Fsp3) is 0.240. The maximum absolute atomic E-state index is 13.2. The molecule has 0 aliphatic rings. The third-order valence-corrected chi connectivity index (χ3v) is 4.85. The van der Waals surface area contributed by atoms with Crippen LogP contribution in [0.25, 0.3) is 0 Å². The van der Waals surface area contributed by atoms with Gasteiger partial charge >= 0.3 is 0 Å². The summed E-state index contributed by atoms with van der Waals surface area (Å²) < 4.78 is 13.2. The van der Waals surface area contributed by atoms with E-state index in [1.807, 2.05) is 30.3 Å². The first kappa shape index (κ1) is 19.8. The number of rotatable bonds is 6. The first-order valence-corrected chi connectivity index (χ1v) is 9.54. The number of hydrogen-bond donors (Lipinski definition) is 1. The zero-order valence-electron chi connectivity index (χ0n) is 16.6. The van der Waals surface area contributed by atoms with Gasteiger partial charge in [-0.25, -0.2) is 4.39 Å². The first-order chi connectivity index (χ1) is 13.3. The second-order valence-corrected chi connectivity index (χ2v) is 8.07. The molecule has 1 atom stereocenters. The Labute approximate surface area is 166 Å². The monoisotopic (exact) mass is 375 g/mol. The topological polar surface area (TPSA) is 29.1 Å². The molecule has 0 saturated carbocycles. The molecule has 0 bridgehead atoms. The molecule has 0 spiro atoms. The van der Waals surface area contributed by atoms with Gasteiger partial charge in [0.2, 0.25) is 0 Å². The Morgan fingerprint density at radius 2 is 1.50 bits per heavy atom. The summed E-state index contributed by atoms with van der Waals surface area (Å²) in [7, 11) is 0. The predicted molar refractivity (Wildman–Crippen MR) is 113 cm³/mol. The number of anilines is 1. The van der Waals surface area contributed by atoms with Gasteiger partial charge in [0.05, 0.1) is 6.04 Å². The van der Waals surface area contributed by atoms with Crippen LogP contribution >= 0.6 is 0 Å². The minimum atomic E-state index is -0.340. The molecule has 144 valence electrons. The standard InChI is InChI=1S/C25H26FNO/c1-25(2,3)20-13-9-18(10-14-20)23(27-22-7-5-4-6-8-22)17-24(28)19-11-15-21(26)16-12-19/h4-16,23,27H,17H2,1-3H3/t23-/m1/s1. The molecule has 3 rings (SSSR count). The molecule has 0 saturated heterocycles. The van der Waals surface area contributed by atoms with Crippen LogP contribution < -0.4 is 5.32 Å². The van der Waals surface area contributed by atoms with Gasteiger partial charge in [-0.1, -0.05) is 63.2 Å². The molecule has 0 aromatic heterocycles. The molecule has 0 fully saturated rings. The Kier molecular flexibility index (Phi) is 5.93. The maximum Gasteiger partial charge on any atom is 0.165 e. The van der Waals surface area contributed by atoms with Gasteiger partial charge in [0.15, 0.2) is 5.78 Å². The van der Waals surface area contributed by atoms with Gasteiger partial charge in [-0.2, -0.15) is 0 Å². The highest BCUT2D eigenvalue weighted by Gasteiger charge is 2.19. The number of hydrogen-bond acceptors (Lipinski definition) is 2. The highest BCUT2D eigenvalue weighted by Crippen LogP contribution is 2.28. The van der Waals surface area contributed by atoms with E-state index in [0.717, 1.165) is 11.3 Å². The number of benzene rings is 3. The van der Waals surface area contributed by atoms with E-state index in [1.165, 1.54) is 17.7 Å². The van der Waals surface area contributed by atoms with Crippen LogP contribution in [0.1, 0.15) is 54.7 Å². The molecule has 0 aliphatic carbocycles. The molecule has 3 heteroatoms. The van der Waals surface area contributed by atoms with Gasteiger partial charge in [-0.15, -0.1) is 0 Å². The Morgan fingerprint density at radius 3 is 2.07 bits per heavy atom. The summed E-state index contributed by atoms with van der Waals surface area (Å²) in [6.07, 6.45) is 0.287. The molecule has 28 heavy (non-hydrogen) atoms. The molecule has 3 aromatic carbocycles. The minimum absolute atomic E-state index is 0.0201. The normalized spacial score (nSPS) is 12.4. The molecule has 1 N–H and O–H groups in total. The van der Waals surface area contributed by atoms with Gasteiger partial charge in [0, 0.05) is 17.7 Å². The fourth-order valence-corrected chi connectivity index (χ4v) is 3.14. The summed E-state index contributed by atoms with van der Waals surface area (Å²) in [4.78, 5) is 12.8. The lowest BCUT2D eigenvalue weighted by Gasteiger charge is -2.23. The van der Waals surface area contributed by atoms with Gasteiger partial charge in [-0.3, -0.25) is 4.79 Å². The predicted octanol–water partition coefficient (Wildman–Crippen LogP) is 6.55. The van der Waals surface area contributed by atoms with Crippen molar-refractivity contribution in [3.05, 3.63) is 101 Å². The van der Waals surface area contributed by atoms with Gasteiger partial charge in [-0.05, 0) is 52.9 Å². The van der Waals surface area contributed by atoms with Crippen molar-refractivity contribution in [2.24, 2.45) is 0 Å². The largest absolute Gasteiger partial charge is 0.378 e. The average Bonchev–Trinajstić information content (AvgIpc) is 2.68. The van der Waals surface area contributed by atoms with Crippen molar-refractivity contribution < 1.29 is 9.18 Å². The van der Waals surface area contributed by atoms with Crippen molar-refractivity contribution in [2.75, 3.05) is 5.32 Å². The highest BCUT2D eigenvalue weighted by atomic mass is 19.1. The highest BCUT2D eigenvalue weighted by molar-refractivity contribution is 5.96.